The highest BCUT2D eigenvalue weighted by atomic mass is 32.1. The van der Waals surface area contributed by atoms with Crippen LogP contribution in [0, 0.1) is 11.8 Å². The Morgan fingerprint density at radius 1 is 1.59 bits per heavy atom. The van der Waals surface area contributed by atoms with Crippen LogP contribution in [0.1, 0.15) is 9.75 Å². The fourth-order valence-corrected chi connectivity index (χ4v) is 2.28. The fraction of sp³-hybridized carbons (Fsp3) is 0.417. The standard InChI is InChI=1S/C12H17N3OS/c1-14-12(16)9-15(2)8-11-6-5-10(17-11)4-3-7-13/h5-6H,7-9,13H2,1-2H3,(H,14,16). The maximum Gasteiger partial charge on any atom is 0.233 e. The monoisotopic (exact) mass is 251 g/mol. The number of thiophene rings is 1. The van der Waals surface area contributed by atoms with Crippen LogP contribution in [0.5, 0.6) is 0 Å². The molecule has 1 amide bonds. The SMILES string of the molecule is CNC(=O)CN(C)Cc1ccc(C#CCN)s1. The Labute approximate surface area is 106 Å². The van der Waals surface area contributed by atoms with Gasteiger partial charge in [0.05, 0.1) is 18.0 Å². The van der Waals surface area contributed by atoms with Gasteiger partial charge < -0.3 is 11.1 Å². The van der Waals surface area contributed by atoms with E-state index in [1.165, 1.54) is 4.88 Å². The van der Waals surface area contributed by atoms with E-state index in [0.717, 1.165) is 11.4 Å². The molecule has 0 bridgehead atoms. The lowest BCUT2D eigenvalue weighted by Gasteiger charge is -2.13. The van der Waals surface area contributed by atoms with Crippen molar-refractivity contribution >= 4 is 17.2 Å². The summed E-state index contributed by atoms with van der Waals surface area (Å²) in [5, 5.41) is 2.60. The van der Waals surface area contributed by atoms with Gasteiger partial charge in [-0.1, -0.05) is 11.8 Å². The molecule has 17 heavy (non-hydrogen) atoms. The van der Waals surface area contributed by atoms with E-state index in [1.54, 1.807) is 18.4 Å². The third-order valence-corrected chi connectivity index (χ3v) is 3.08. The van der Waals surface area contributed by atoms with Crippen LogP contribution in [0.15, 0.2) is 12.1 Å². The molecule has 3 N–H and O–H groups in total. The van der Waals surface area contributed by atoms with Gasteiger partial charge in [-0.15, -0.1) is 11.3 Å². The molecule has 0 saturated carbocycles. The van der Waals surface area contributed by atoms with Crippen LogP contribution in [-0.4, -0.2) is 38.0 Å². The van der Waals surface area contributed by atoms with Crippen LogP contribution in [0.3, 0.4) is 0 Å². The van der Waals surface area contributed by atoms with E-state index in [1.807, 2.05) is 24.1 Å². The van der Waals surface area contributed by atoms with Crippen LogP contribution in [0.4, 0.5) is 0 Å². The lowest BCUT2D eigenvalue weighted by molar-refractivity contribution is -0.121. The summed E-state index contributed by atoms with van der Waals surface area (Å²) in [6.07, 6.45) is 0. The van der Waals surface area contributed by atoms with Crippen LogP contribution in [-0.2, 0) is 11.3 Å². The Hall–Kier alpha value is -1.35. The predicted molar refractivity (Wildman–Crippen MR) is 70.7 cm³/mol. The van der Waals surface area contributed by atoms with E-state index < -0.39 is 0 Å². The number of nitrogens with two attached hydrogens (primary N) is 1. The molecule has 0 aliphatic rings. The van der Waals surface area contributed by atoms with E-state index in [0.29, 0.717) is 13.1 Å². The first-order valence-corrected chi connectivity index (χ1v) is 6.14. The van der Waals surface area contributed by atoms with Crippen LogP contribution >= 0.6 is 11.3 Å². The molecular formula is C12H17N3OS. The van der Waals surface area contributed by atoms with Crippen molar-refractivity contribution in [2.75, 3.05) is 27.2 Å². The van der Waals surface area contributed by atoms with E-state index in [9.17, 15) is 4.79 Å². The second kappa shape index (κ2) is 7.07. The van der Waals surface area contributed by atoms with Crippen molar-refractivity contribution < 1.29 is 4.79 Å². The number of carbonyl (C=O) groups is 1. The minimum Gasteiger partial charge on any atom is -0.358 e. The first kappa shape index (κ1) is 13.7. The summed E-state index contributed by atoms with van der Waals surface area (Å²) in [6, 6.07) is 4.02. The summed E-state index contributed by atoms with van der Waals surface area (Å²) >= 11 is 1.63. The molecule has 0 saturated heterocycles. The van der Waals surface area contributed by atoms with Gasteiger partial charge in [0.25, 0.3) is 0 Å². The molecule has 1 rings (SSSR count). The average molecular weight is 251 g/mol. The molecular weight excluding hydrogens is 234 g/mol. The molecule has 0 spiro atoms. The maximum absolute atomic E-state index is 11.2. The van der Waals surface area contributed by atoms with E-state index >= 15 is 0 Å². The number of nitrogens with zero attached hydrogens (tertiary/aromatic N) is 1. The third kappa shape index (κ3) is 5.00. The largest absolute Gasteiger partial charge is 0.358 e. The Bertz CT molecular complexity index is 430. The lowest BCUT2D eigenvalue weighted by atomic mass is 10.4. The summed E-state index contributed by atoms with van der Waals surface area (Å²) in [5.74, 6) is 5.84. The highest BCUT2D eigenvalue weighted by Gasteiger charge is 2.06. The first-order valence-electron chi connectivity index (χ1n) is 5.32. The van der Waals surface area contributed by atoms with Crippen LogP contribution in [0.2, 0.25) is 0 Å². The van der Waals surface area contributed by atoms with Gasteiger partial charge in [-0.2, -0.15) is 0 Å². The minimum atomic E-state index is 0.0206. The molecule has 0 unspecified atom stereocenters. The summed E-state index contributed by atoms with van der Waals surface area (Å²) in [7, 11) is 3.56. The molecule has 92 valence electrons. The number of hydrogen-bond acceptors (Lipinski definition) is 4. The number of rotatable bonds is 4. The van der Waals surface area contributed by atoms with Crippen LogP contribution in [0.25, 0.3) is 0 Å². The Morgan fingerprint density at radius 2 is 2.35 bits per heavy atom. The van der Waals surface area contributed by atoms with E-state index in [4.69, 9.17) is 5.73 Å². The second-order valence-corrected chi connectivity index (χ2v) is 4.79. The molecule has 0 atom stereocenters. The van der Waals surface area contributed by atoms with Gasteiger partial charge in [-0.25, -0.2) is 0 Å². The molecule has 1 aromatic heterocycles. The number of hydrogen-bond donors (Lipinski definition) is 2. The predicted octanol–water partition coefficient (Wildman–Crippen LogP) is 0.236. The van der Waals surface area contributed by atoms with Crippen molar-refractivity contribution in [3.63, 3.8) is 0 Å². The first-order chi connectivity index (χ1) is 8.15. The van der Waals surface area contributed by atoms with Crippen molar-refractivity contribution in [3.8, 4) is 11.8 Å². The zero-order valence-corrected chi connectivity index (χ0v) is 10.9. The third-order valence-electron chi connectivity index (χ3n) is 2.09. The molecule has 1 heterocycles. The smallest absolute Gasteiger partial charge is 0.233 e. The highest BCUT2D eigenvalue weighted by molar-refractivity contribution is 7.12. The van der Waals surface area contributed by atoms with Gasteiger partial charge in [0, 0.05) is 18.5 Å². The molecule has 5 heteroatoms. The van der Waals surface area contributed by atoms with Gasteiger partial charge in [0.15, 0.2) is 0 Å². The molecule has 4 nitrogen and oxygen atoms in total. The topological polar surface area (TPSA) is 58.4 Å². The minimum absolute atomic E-state index is 0.0206. The Kier molecular flexibility index (Phi) is 5.70. The summed E-state index contributed by atoms with van der Waals surface area (Å²) in [5.41, 5.74) is 5.31. The quantitative estimate of drug-likeness (QED) is 0.754. The van der Waals surface area contributed by atoms with Crippen molar-refractivity contribution in [1.29, 1.82) is 0 Å². The van der Waals surface area contributed by atoms with E-state index in [2.05, 4.69) is 17.2 Å². The molecule has 0 fully saturated rings. The lowest BCUT2D eigenvalue weighted by Crippen LogP contribution is -2.32. The maximum atomic E-state index is 11.2. The number of nitrogens with one attached hydrogen (secondary N) is 1. The van der Waals surface area contributed by atoms with E-state index in [-0.39, 0.29) is 5.91 Å². The average Bonchev–Trinajstić information content (AvgIpc) is 2.73. The fourth-order valence-electron chi connectivity index (χ4n) is 1.31. The highest BCUT2D eigenvalue weighted by Crippen LogP contribution is 2.16. The van der Waals surface area contributed by atoms with Gasteiger partial charge >= 0.3 is 0 Å². The summed E-state index contributed by atoms with van der Waals surface area (Å²) < 4.78 is 0. The number of carbonyl (C=O) groups excluding carboxylic acids is 1. The van der Waals surface area contributed by atoms with Gasteiger partial charge in [0.2, 0.25) is 5.91 Å². The van der Waals surface area contributed by atoms with Crippen LogP contribution < -0.4 is 11.1 Å². The van der Waals surface area contributed by atoms with Crippen molar-refractivity contribution in [2.24, 2.45) is 5.73 Å². The number of likely N-dealkylation sites (N-methyl/N-ethyl adjacent to an activating group) is 2. The summed E-state index contributed by atoms with van der Waals surface area (Å²) in [6.45, 7) is 1.53. The second-order valence-electron chi connectivity index (χ2n) is 3.62. The molecule has 1 aromatic rings. The van der Waals surface area contributed by atoms with Crippen molar-refractivity contribution in [1.82, 2.24) is 10.2 Å². The number of amides is 1. The van der Waals surface area contributed by atoms with Crippen molar-refractivity contribution in [2.45, 2.75) is 6.54 Å². The normalized spacial score (nSPS) is 9.88. The van der Waals surface area contributed by atoms with Gasteiger partial charge in [-0.05, 0) is 19.2 Å². The van der Waals surface area contributed by atoms with Crippen molar-refractivity contribution in [3.05, 3.63) is 21.9 Å². The van der Waals surface area contributed by atoms with Gasteiger partial charge in [0.1, 0.15) is 0 Å². The molecule has 0 aliphatic heterocycles. The van der Waals surface area contributed by atoms with Gasteiger partial charge in [-0.3, -0.25) is 9.69 Å². The molecule has 0 aromatic carbocycles. The molecule has 0 aliphatic carbocycles. The zero-order chi connectivity index (χ0) is 12.7. The Balaban J connectivity index is 2.51. The zero-order valence-electron chi connectivity index (χ0n) is 10.1. The Morgan fingerprint density at radius 3 is 3.00 bits per heavy atom. The molecule has 0 radical (unpaired) electrons. The summed E-state index contributed by atoms with van der Waals surface area (Å²) in [4.78, 5) is 15.3.